The minimum absolute atomic E-state index is 0.341. The van der Waals surface area contributed by atoms with Crippen molar-refractivity contribution in [1.29, 1.82) is 0 Å². The Kier molecular flexibility index (Phi) is 6.83. The van der Waals surface area contributed by atoms with E-state index >= 15 is 0 Å². The molecule has 0 heterocycles. The van der Waals surface area contributed by atoms with E-state index in [-0.39, 0.29) is 5.91 Å². The van der Waals surface area contributed by atoms with Crippen molar-refractivity contribution in [2.75, 3.05) is 20.8 Å². The summed E-state index contributed by atoms with van der Waals surface area (Å²) >= 11 is 0. The number of carbonyl (C=O) groups is 1. The van der Waals surface area contributed by atoms with E-state index < -0.39 is 0 Å². The lowest BCUT2D eigenvalue weighted by Crippen LogP contribution is -2.17. The van der Waals surface area contributed by atoms with Crippen molar-refractivity contribution in [1.82, 2.24) is 5.43 Å². The maximum Gasteiger partial charge on any atom is 0.271 e. The van der Waals surface area contributed by atoms with Gasteiger partial charge in [0.15, 0.2) is 11.5 Å². The minimum atomic E-state index is -0.341. The van der Waals surface area contributed by atoms with Crippen LogP contribution in [0.4, 0.5) is 0 Å². The third-order valence-corrected chi connectivity index (χ3v) is 3.40. The van der Waals surface area contributed by atoms with Crippen LogP contribution in [0.25, 0.3) is 0 Å². The molecule has 0 atom stereocenters. The molecule has 0 unspecified atom stereocenters. The molecule has 0 aliphatic rings. The molecule has 1 N–H and O–H groups in total. The fourth-order valence-electron chi connectivity index (χ4n) is 2.14. The number of hydrogen-bond acceptors (Lipinski definition) is 5. The van der Waals surface area contributed by atoms with Gasteiger partial charge in [-0.2, -0.15) is 5.10 Å². The summed E-state index contributed by atoms with van der Waals surface area (Å²) in [5.74, 6) is 1.46. The van der Waals surface area contributed by atoms with Crippen molar-refractivity contribution >= 4 is 12.1 Å². The van der Waals surface area contributed by atoms with E-state index in [1.54, 1.807) is 25.3 Å². The SMILES string of the molecule is CCCOc1ccc(C(=O)N/N=C/c2ccccc2OC)cc1OC. The van der Waals surface area contributed by atoms with Gasteiger partial charge in [-0.05, 0) is 36.8 Å². The molecular weight excluding hydrogens is 320 g/mol. The standard InChI is InChI=1S/C19H22N2O4/c1-4-11-25-17-10-9-14(12-18(17)24-3)19(22)21-20-13-15-7-5-6-8-16(15)23-2/h5-10,12-13H,4,11H2,1-3H3,(H,21,22)/b20-13+. The number of hydrazone groups is 1. The highest BCUT2D eigenvalue weighted by Gasteiger charge is 2.10. The number of methoxy groups -OCH3 is 2. The molecule has 0 bridgehead atoms. The summed E-state index contributed by atoms with van der Waals surface area (Å²) in [7, 11) is 3.12. The normalized spacial score (nSPS) is 10.5. The zero-order valence-corrected chi connectivity index (χ0v) is 14.6. The highest BCUT2D eigenvalue weighted by molar-refractivity contribution is 5.95. The van der Waals surface area contributed by atoms with Crippen LogP contribution in [0.2, 0.25) is 0 Å². The summed E-state index contributed by atoms with van der Waals surface area (Å²) in [5, 5.41) is 3.98. The second kappa shape index (κ2) is 9.32. The molecule has 0 aliphatic heterocycles. The molecule has 0 fully saturated rings. The van der Waals surface area contributed by atoms with Gasteiger partial charge in [0, 0.05) is 11.1 Å². The third kappa shape index (κ3) is 4.97. The summed E-state index contributed by atoms with van der Waals surface area (Å²) in [6, 6.07) is 12.4. The number of nitrogens with one attached hydrogen (secondary N) is 1. The van der Waals surface area contributed by atoms with Gasteiger partial charge in [-0.15, -0.1) is 0 Å². The maximum atomic E-state index is 12.2. The van der Waals surface area contributed by atoms with Gasteiger partial charge in [-0.25, -0.2) is 5.43 Å². The number of hydrogen-bond donors (Lipinski definition) is 1. The first-order chi connectivity index (χ1) is 12.2. The Bertz CT molecular complexity index is 744. The number of carbonyl (C=O) groups excluding carboxylic acids is 1. The first-order valence-electron chi connectivity index (χ1n) is 7.96. The molecule has 0 aromatic heterocycles. The first-order valence-corrected chi connectivity index (χ1v) is 7.96. The van der Waals surface area contributed by atoms with Crippen LogP contribution in [0, 0.1) is 0 Å². The zero-order valence-electron chi connectivity index (χ0n) is 14.6. The fourth-order valence-corrected chi connectivity index (χ4v) is 2.14. The highest BCUT2D eigenvalue weighted by Crippen LogP contribution is 2.28. The summed E-state index contributed by atoms with van der Waals surface area (Å²) < 4.78 is 16.1. The second-order valence-electron chi connectivity index (χ2n) is 5.16. The van der Waals surface area contributed by atoms with Gasteiger partial charge in [0.2, 0.25) is 0 Å². The largest absolute Gasteiger partial charge is 0.496 e. The van der Waals surface area contributed by atoms with Crippen molar-refractivity contribution in [2.45, 2.75) is 13.3 Å². The van der Waals surface area contributed by atoms with Crippen LogP contribution < -0.4 is 19.6 Å². The van der Waals surface area contributed by atoms with Crippen molar-refractivity contribution in [3.05, 3.63) is 53.6 Å². The Morgan fingerprint density at radius 2 is 1.84 bits per heavy atom. The number of para-hydroxylation sites is 1. The quantitative estimate of drug-likeness (QED) is 0.590. The number of ether oxygens (including phenoxy) is 3. The van der Waals surface area contributed by atoms with Crippen molar-refractivity contribution in [3.63, 3.8) is 0 Å². The summed E-state index contributed by atoms with van der Waals surface area (Å²) in [6.45, 7) is 2.61. The van der Waals surface area contributed by atoms with Crippen LogP contribution in [0.3, 0.4) is 0 Å². The van der Waals surface area contributed by atoms with Gasteiger partial charge >= 0.3 is 0 Å². The smallest absolute Gasteiger partial charge is 0.271 e. The van der Waals surface area contributed by atoms with Gasteiger partial charge < -0.3 is 14.2 Å². The topological polar surface area (TPSA) is 69.2 Å². The van der Waals surface area contributed by atoms with Crippen LogP contribution in [0.5, 0.6) is 17.2 Å². The molecule has 1 amide bonds. The maximum absolute atomic E-state index is 12.2. The van der Waals surface area contributed by atoms with Gasteiger partial charge in [-0.3, -0.25) is 4.79 Å². The Morgan fingerprint density at radius 1 is 1.08 bits per heavy atom. The number of nitrogens with zero attached hydrogens (tertiary/aromatic N) is 1. The summed E-state index contributed by atoms with van der Waals surface area (Å²) in [6.07, 6.45) is 2.43. The summed E-state index contributed by atoms with van der Waals surface area (Å²) in [5.41, 5.74) is 3.69. The molecule has 0 aliphatic carbocycles. The van der Waals surface area contributed by atoms with Gasteiger partial charge in [0.1, 0.15) is 5.75 Å². The van der Waals surface area contributed by atoms with Crippen molar-refractivity contribution in [3.8, 4) is 17.2 Å². The molecule has 0 saturated carbocycles. The Hall–Kier alpha value is -3.02. The predicted molar refractivity (Wildman–Crippen MR) is 96.8 cm³/mol. The lowest BCUT2D eigenvalue weighted by Gasteiger charge is -2.11. The summed E-state index contributed by atoms with van der Waals surface area (Å²) in [4.78, 5) is 12.2. The molecule has 0 radical (unpaired) electrons. The molecule has 0 saturated heterocycles. The second-order valence-corrected chi connectivity index (χ2v) is 5.16. The lowest BCUT2D eigenvalue weighted by atomic mass is 10.2. The Balaban J connectivity index is 2.06. The third-order valence-electron chi connectivity index (χ3n) is 3.40. The zero-order chi connectivity index (χ0) is 18.1. The number of amides is 1. The first kappa shape index (κ1) is 18.3. The average molecular weight is 342 g/mol. The van der Waals surface area contributed by atoms with Gasteiger partial charge in [0.25, 0.3) is 5.91 Å². The van der Waals surface area contributed by atoms with Crippen molar-refractivity contribution in [2.24, 2.45) is 5.10 Å². The van der Waals surface area contributed by atoms with E-state index in [0.717, 1.165) is 12.0 Å². The number of rotatable bonds is 8. The van der Waals surface area contributed by atoms with E-state index in [2.05, 4.69) is 10.5 Å². The van der Waals surface area contributed by atoms with Crippen LogP contribution >= 0.6 is 0 Å². The lowest BCUT2D eigenvalue weighted by molar-refractivity contribution is 0.0954. The Labute approximate surface area is 147 Å². The molecule has 2 aromatic carbocycles. The molecule has 132 valence electrons. The van der Waals surface area contributed by atoms with E-state index in [4.69, 9.17) is 14.2 Å². The van der Waals surface area contributed by atoms with Crippen LogP contribution in [-0.2, 0) is 0 Å². The average Bonchev–Trinajstić information content (AvgIpc) is 2.66. The fraction of sp³-hybridized carbons (Fsp3) is 0.263. The number of benzene rings is 2. The van der Waals surface area contributed by atoms with Crippen LogP contribution in [-0.4, -0.2) is 32.9 Å². The molecule has 6 nitrogen and oxygen atoms in total. The molecule has 25 heavy (non-hydrogen) atoms. The van der Waals surface area contributed by atoms with Crippen LogP contribution in [0.1, 0.15) is 29.3 Å². The molecular formula is C19H22N2O4. The highest BCUT2D eigenvalue weighted by atomic mass is 16.5. The van der Waals surface area contributed by atoms with Crippen LogP contribution in [0.15, 0.2) is 47.6 Å². The minimum Gasteiger partial charge on any atom is -0.496 e. The monoisotopic (exact) mass is 342 g/mol. The van der Waals surface area contributed by atoms with E-state index in [9.17, 15) is 4.79 Å². The molecule has 6 heteroatoms. The molecule has 0 spiro atoms. The van der Waals surface area contributed by atoms with E-state index in [1.165, 1.54) is 13.3 Å². The van der Waals surface area contributed by atoms with Gasteiger partial charge in [-0.1, -0.05) is 19.1 Å². The van der Waals surface area contributed by atoms with E-state index in [0.29, 0.717) is 29.4 Å². The van der Waals surface area contributed by atoms with Gasteiger partial charge in [0.05, 0.1) is 27.0 Å². The van der Waals surface area contributed by atoms with Crippen molar-refractivity contribution < 1.29 is 19.0 Å². The molecule has 2 rings (SSSR count). The Morgan fingerprint density at radius 3 is 2.56 bits per heavy atom. The molecule has 2 aromatic rings. The predicted octanol–water partition coefficient (Wildman–Crippen LogP) is 3.26. The van der Waals surface area contributed by atoms with E-state index in [1.807, 2.05) is 31.2 Å².